The molecule has 544 valence electrons. The molecule has 0 bridgehead atoms. The number of carboxylic acid groups (broad SMARTS) is 1. The topological polar surface area (TPSA) is 509 Å². The number of carbonyl (C=O) groups excluding carboxylic acids is 1. The first-order valence-corrected chi connectivity index (χ1v) is 33.1. The maximum absolute atomic E-state index is 15.6. The lowest BCUT2D eigenvalue weighted by Gasteiger charge is -2.71. The number of aliphatic hydroxyl groups excluding tert-OH is 16. The van der Waals surface area contributed by atoms with E-state index >= 15 is 4.79 Å². The number of fused-ring (bicyclic) bond motifs is 7. The van der Waals surface area contributed by atoms with Gasteiger partial charge in [-0.2, -0.15) is 0 Å². The highest BCUT2D eigenvalue weighted by Crippen LogP contribution is 2.76. The highest BCUT2D eigenvalue weighted by molar-refractivity contribution is 5.79. The van der Waals surface area contributed by atoms with E-state index in [-0.39, 0.29) is 17.8 Å². The quantitative estimate of drug-likeness (QED) is 0.0390. The summed E-state index contributed by atoms with van der Waals surface area (Å²) in [5, 5.41) is 197. The van der Waals surface area contributed by atoms with Crippen LogP contribution in [0.5, 0.6) is 0 Å². The molecule has 0 amide bonds. The second kappa shape index (κ2) is 27.1. The van der Waals surface area contributed by atoms with Crippen LogP contribution in [0.2, 0.25) is 0 Å². The van der Waals surface area contributed by atoms with Crippen molar-refractivity contribution >= 4 is 11.9 Å². The van der Waals surface area contributed by atoms with Crippen LogP contribution in [0.1, 0.15) is 106 Å². The van der Waals surface area contributed by atoms with Crippen molar-refractivity contribution in [3.05, 3.63) is 11.6 Å². The van der Waals surface area contributed by atoms with E-state index in [1.54, 1.807) is 0 Å². The number of aliphatic hydroxyl groups is 17. The lowest BCUT2D eigenvalue weighted by atomic mass is 9.33. The fraction of sp³-hybridized carbons (Fsp3) is 0.937. The average Bonchev–Trinajstić information content (AvgIpc) is 0.944. The van der Waals surface area contributed by atoms with E-state index in [0.29, 0.717) is 51.4 Å². The third-order valence-corrected chi connectivity index (χ3v) is 24.6. The first kappa shape index (κ1) is 73.8. The summed E-state index contributed by atoms with van der Waals surface area (Å²) in [6, 6.07) is 0. The lowest BCUT2D eigenvalue weighted by molar-refractivity contribution is -0.382. The van der Waals surface area contributed by atoms with E-state index < -0.39 is 262 Å². The van der Waals surface area contributed by atoms with Crippen molar-refractivity contribution < 1.29 is 158 Å². The number of carbonyl (C=O) groups is 2. The Kier molecular flexibility index (Phi) is 21.0. The maximum Gasteiger partial charge on any atom is 0.315 e. The summed E-state index contributed by atoms with van der Waals surface area (Å²) in [6.07, 6.45) is -41.3. The van der Waals surface area contributed by atoms with E-state index in [9.17, 15) is 96.7 Å². The molecular weight excluding hydrogens is 1270 g/mol. The molecule has 6 saturated heterocycles. The van der Waals surface area contributed by atoms with Crippen LogP contribution in [0, 0.1) is 50.2 Å². The van der Waals surface area contributed by atoms with Gasteiger partial charge in [0.05, 0.1) is 62.7 Å². The predicted octanol–water partition coefficient (Wildman–Crippen LogP) is -5.40. The standard InChI is InChI=1S/C63H100O32/c1-24-43(90-49-40(76)34(70)28(68)20-84-49)44(91-54-47(79)63(83,22-66)23-86-54)42(78)51(87-24)92-45-35(71)29(69)21-85-52(45)95-56(82)62-14-12-57(2,3)16-26(62)25-8-9-32-58(4)17-27(67)48(61(7,55(80)81)33(58)10-11-60(32,6)59(25,5)13-15-62)94-53-46(39(75)37(73)31(19-65)89-53)93-50-41(77)38(74)36(72)30(18-64)88-50/h8,24,26-54,64-79,83H,9-23H2,1-7H3,(H,80,81)/t24-,26-,27-,28+,29-,30+,31+,32+,33+,34-,35-,36+,37+,38-,39-,40+,41+,42+,43-,44-,45+,46+,47-,48-,49-,50-,51-,52-,53-,54-,58+,59+,60+,61-,62-,63+/m0/s1. The van der Waals surface area contributed by atoms with Crippen molar-refractivity contribution in [3.63, 3.8) is 0 Å². The molecule has 18 N–H and O–H groups in total. The molecule has 0 aromatic carbocycles. The van der Waals surface area contributed by atoms with Crippen LogP contribution >= 0.6 is 0 Å². The molecule has 36 atom stereocenters. The summed E-state index contributed by atoms with van der Waals surface area (Å²) in [5.41, 5.74) is -6.80. The van der Waals surface area contributed by atoms with E-state index in [1.807, 2.05) is 6.92 Å². The number of carboxylic acids is 1. The van der Waals surface area contributed by atoms with E-state index in [0.717, 1.165) is 5.57 Å². The van der Waals surface area contributed by atoms with Gasteiger partial charge in [-0.25, -0.2) is 0 Å². The third-order valence-electron chi connectivity index (χ3n) is 24.6. The first-order chi connectivity index (χ1) is 44.5. The molecule has 10 fully saturated rings. The van der Waals surface area contributed by atoms with Crippen LogP contribution in [0.4, 0.5) is 0 Å². The molecule has 0 aromatic heterocycles. The SMILES string of the molecule is C[C@@H]1O[C@@H](O[C@H]2[C@H](OC(=O)[C@]34CCC(C)(C)C[C@H]3C3=CC[C@@H]5[C@@]6(C)C[C@H](O)[C@H](O[C@@H]7O[C@H](CO)[C@@H](O)[C@H](O)[C@H]7O[C@@H]7O[C@H](CO)[C@@H](O)[C@H](O)[C@H]7O)[C@@](C)(C(=O)O)[C@@H]6CC[C@@]5(C)[C@]3(C)CC4)OC[C@H](O)[C@@H]2O)[C@H](O)[C@H](O[C@@H]2OC[C@](O)(CO)[C@H]2O)[C@H]1O[C@@H]1OC[C@@H](O)[C@H](O)[C@H]1O. The van der Waals surface area contributed by atoms with E-state index in [2.05, 4.69) is 33.8 Å². The number of esters is 1. The fourth-order valence-electron chi connectivity index (χ4n) is 18.6. The minimum atomic E-state index is -2.19. The van der Waals surface area contributed by atoms with Gasteiger partial charge in [0.2, 0.25) is 6.29 Å². The van der Waals surface area contributed by atoms with Gasteiger partial charge in [0.15, 0.2) is 37.6 Å². The highest BCUT2D eigenvalue weighted by Gasteiger charge is 2.73. The lowest BCUT2D eigenvalue weighted by Crippen LogP contribution is -2.70. The third kappa shape index (κ3) is 12.3. The number of allylic oxidation sites excluding steroid dienone is 2. The molecule has 0 unspecified atom stereocenters. The van der Waals surface area contributed by atoms with Crippen molar-refractivity contribution in [2.75, 3.05) is 39.6 Å². The average molecular weight is 1370 g/mol. The van der Waals surface area contributed by atoms with Crippen molar-refractivity contribution in [3.8, 4) is 0 Å². The van der Waals surface area contributed by atoms with Crippen molar-refractivity contribution in [1.29, 1.82) is 0 Å². The monoisotopic (exact) mass is 1370 g/mol. The highest BCUT2D eigenvalue weighted by atomic mass is 16.8. The number of hydrogen-bond acceptors (Lipinski definition) is 31. The Balaban J connectivity index is 0.846. The molecule has 6 aliphatic heterocycles. The summed E-state index contributed by atoms with van der Waals surface area (Å²) in [7, 11) is 0. The maximum atomic E-state index is 15.6. The summed E-state index contributed by atoms with van der Waals surface area (Å²) < 4.78 is 71.8. The molecule has 0 spiro atoms. The van der Waals surface area contributed by atoms with Crippen LogP contribution in [0.15, 0.2) is 11.6 Å². The van der Waals surface area contributed by atoms with Gasteiger partial charge in [-0.1, -0.05) is 46.3 Å². The molecule has 32 heteroatoms. The molecule has 0 radical (unpaired) electrons. The smallest absolute Gasteiger partial charge is 0.315 e. The largest absolute Gasteiger partial charge is 0.481 e. The van der Waals surface area contributed by atoms with Gasteiger partial charge in [-0.3, -0.25) is 9.59 Å². The van der Waals surface area contributed by atoms with Crippen LogP contribution in [0.3, 0.4) is 0 Å². The van der Waals surface area contributed by atoms with Crippen molar-refractivity contribution in [2.45, 2.75) is 278 Å². The molecule has 11 aliphatic rings. The van der Waals surface area contributed by atoms with Gasteiger partial charge in [-0.15, -0.1) is 0 Å². The van der Waals surface area contributed by atoms with Gasteiger partial charge in [-0.05, 0) is 111 Å². The zero-order chi connectivity index (χ0) is 69.4. The van der Waals surface area contributed by atoms with Crippen LogP contribution < -0.4 is 0 Å². The Bertz CT molecular complexity index is 2750. The number of aliphatic carboxylic acids is 1. The van der Waals surface area contributed by atoms with Gasteiger partial charge in [0.25, 0.3) is 0 Å². The molecular formula is C63H100O32. The Morgan fingerprint density at radius 3 is 1.75 bits per heavy atom. The summed E-state index contributed by atoms with van der Waals surface area (Å²) in [4.78, 5) is 29.8. The summed E-state index contributed by atoms with van der Waals surface area (Å²) >= 11 is 0. The zero-order valence-electron chi connectivity index (χ0n) is 54.3. The van der Waals surface area contributed by atoms with Crippen LogP contribution in [0.25, 0.3) is 0 Å². The summed E-state index contributed by atoms with van der Waals surface area (Å²) in [5.74, 6) is -3.47. The molecule has 11 rings (SSSR count). The molecule has 0 aromatic rings. The first-order valence-electron chi connectivity index (χ1n) is 33.1. The van der Waals surface area contributed by atoms with Crippen molar-refractivity contribution in [1.82, 2.24) is 0 Å². The molecule has 4 saturated carbocycles. The predicted molar refractivity (Wildman–Crippen MR) is 312 cm³/mol. The van der Waals surface area contributed by atoms with E-state index in [1.165, 1.54) is 13.8 Å². The Morgan fingerprint density at radius 1 is 0.547 bits per heavy atom. The van der Waals surface area contributed by atoms with Crippen LogP contribution in [-0.4, -0.2) is 315 Å². The number of rotatable bonds is 16. The Morgan fingerprint density at radius 2 is 1.12 bits per heavy atom. The van der Waals surface area contributed by atoms with E-state index in [4.69, 9.17) is 56.8 Å². The molecule has 95 heavy (non-hydrogen) atoms. The van der Waals surface area contributed by atoms with Gasteiger partial charge in [0.1, 0.15) is 115 Å². The number of hydrogen-bond donors (Lipinski definition) is 18. The fourth-order valence-corrected chi connectivity index (χ4v) is 18.6. The second-order valence-corrected chi connectivity index (χ2v) is 30.6. The molecule has 6 heterocycles. The van der Waals surface area contributed by atoms with Crippen LogP contribution in [-0.2, 0) is 66.4 Å². The van der Waals surface area contributed by atoms with Gasteiger partial charge >= 0.3 is 11.9 Å². The Labute approximate surface area is 548 Å². The van der Waals surface area contributed by atoms with Gasteiger partial charge in [0, 0.05) is 0 Å². The van der Waals surface area contributed by atoms with Gasteiger partial charge < -0.3 is 149 Å². The molecule has 5 aliphatic carbocycles. The minimum absolute atomic E-state index is 0.00454. The van der Waals surface area contributed by atoms with Crippen molar-refractivity contribution in [2.24, 2.45) is 50.2 Å². The zero-order valence-corrected chi connectivity index (χ0v) is 54.3. The summed E-state index contributed by atoms with van der Waals surface area (Å²) in [6.45, 7) is 9.25. The Hall–Kier alpha value is -2.44. The second-order valence-electron chi connectivity index (χ2n) is 30.6. The normalized spacial score (nSPS) is 54.6. The minimum Gasteiger partial charge on any atom is -0.481 e. The molecule has 32 nitrogen and oxygen atoms in total. The number of ether oxygens (including phenoxy) is 12.